The Kier molecular flexibility index (Phi) is 6.23. The maximum Gasteiger partial charge on any atom is 0.335 e. The molecule has 0 heterocycles. The lowest BCUT2D eigenvalue weighted by molar-refractivity contribution is 0.0696. The number of amides is 1. The molecule has 3 aromatic carbocycles. The molecule has 3 aromatic rings. The van der Waals surface area contributed by atoms with E-state index in [9.17, 15) is 18.0 Å². The zero-order valence-electron chi connectivity index (χ0n) is 15.7. The van der Waals surface area contributed by atoms with E-state index in [1.165, 1.54) is 36.4 Å². The van der Waals surface area contributed by atoms with Crippen LogP contribution in [0.4, 0.5) is 11.4 Å². The summed E-state index contributed by atoms with van der Waals surface area (Å²) in [6.07, 6.45) is 0. The van der Waals surface area contributed by atoms with Gasteiger partial charge in [-0.05, 0) is 67.1 Å². The normalized spacial score (nSPS) is 11.0. The Morgan fingerprint density at radius 2 is 1.60 bits per heavy atom. The Labute approximate surface area is 181 Å². The Balaban J connectivity index is 1.88. The number of rotatable bonds is 6. The number of aromatic carboxylic acids is 1. The van der Waals surface area contributed by atoms with Crippen molar-refractivity contribution in [3.63, 3.8) is 0 Å². The number of hydrogen-bond acceptors (Lipinski definition) is 4. The van der Waals surface area contributed by atoms with Crippen molar-refractivity contribution in [1.82, 2.24) is 0 Å². The first-order valence-electron chi connectivity index (χ1n) is 8.69. The van der Waals surface area contributed by atoms with Crippen LogP contribution in [0.3, 0.4) is 0 Å². The molecule has 0 aliphatic rings. The van der Waals surface area contributed by atoms with Crippen molar-refractivity contribution >= 4 is 49.2 Å². The Bertz CT molecular complexity index is 1220. The number of carboxylic acids is 1. The molecule has 0 fully saturated rings. The first-order chi connectivity index (χ1) is 14.2. The lowest BCUT2D eigenvalue weighted by Crippen LogP contribution is -2.17. The highest BCUT2D eigenvalue weighted by Crippen LogP contribution is 2.22. The van der Waals surface area contributed by atoms with E-state index < -0.39 is 21.9 Å². The lowest BCUT2D eigenvalue weighted by atomic mass is 10.1. The van der Waals surface area contributed by atoms with Gasteiger partial charge in [-0.3, -0.25) is 9.52 Å². The van der Waals surface area contributed by atoms with Crippen molar-refractivity contribution in [2.45, 2.75) is 11.8 Å². The van der Waals surface area contributed by atoms with Gasteiger partial charge in [0.25, 0.3) is 15.9 Å². The van der Waals surface area contributed by atoms with Gasteiger partial charge >= 0.3 is 5.97 Å². The van der Waals surface area contributed by atoms with Gasteiger partial charge in [-0.15, -0.1) is 0 Å². The number of carboxylic acid groups (broad SMARTS) is 1. The molecule has 0 saturated carbocycles. The van der Waals surface area contributed by atoms with Crippen molar-refractivity contribution in [2.24, 2.45) is 0 Å². The lowest BCUT2D eigenvalue weighted by Gasteiger charge is -2.13. The van der Waals surface area contributed by atoms with Crippen LogP contribution in [0.5, 0.6) is 0 Å². The van der Waals surface area contributed by atoms with Crippen LogP contribution in [0, 0.1) is 6.92 Å². The van der Waals surface area contributed by atoms with E-state index in [4.69, 9.17) is 5.11 Å². The first-order valence-corrected chi connectivity index (χ1v) is 11.0. The van der Waals surface area contributed by atoms with E-state index in [1.54, 1.807) is 37.3 Å². The second-order valence-corrected chi connectivity index (χ2v) is 9.00. The number of benzene rings is 3. The molecule has 3 N–H and O–H groups in total. The quantitative estimate of drug-likeness (QED) is 0.472. The molecule has 154 valence electrons. The largest absolute Gasteiger partial charge is 0.478 e. The van der Waals surface area contributed by atoms with Gasteiger partial charge in [0, 0.05) is 21.4 Å². The third-order valence-corrected chi connectivity index (χ3v) is 6.26. The zero-order chi connectivity index (χ0) is 21.9. The van der Waals surface area contributed by atoms with Crippen LogP contribution in [0.25, 0.3) is 0 Å². The highest BCUT2D eigenvalue weighted by Gasteiger charge is 2.20. The maximum absolute atomic E-state index is 12.9. The molecule has 0 atom stereocenters. The Hall–Kier alpha value is -3.17. The molecule has 7 nitrogen and oxygen atoms in total. The van der Waals surface area contributed by atoms with E-state index >= 15 is 0 Å². The molecule has 9 heteroatoms. The van der Waals surface area contributed by atoms with Crippen molar-refractivity contribution in [2.75, 3.05) is 10.0 Å². The first kappa shape index (κ1) is 21.5. The number of hydrogen-bond donors (Lipinski definition) is 3. The van der Waals surface area contributed by atoms with E-state index in [2.05, 4.69) is 26.0 Å². The molecule has 0 spiro atoms. The van der Waals surface area contributed by atoms with Crippen LogP contribution in [0.2, 0.25) is 0 Å². The van der Waals surface area contributed by atoms with Gasteiger partial charge in [-0.25, -0.2) is 13.2 Å². The van der Waals surface area contributed by atoms with Gasteiger partial charge < -0.3 is 10.4 Å². The van der Waals surface area contributed by atoms with Crippen LogP contribution >= 0.6 is 15.9 Å². The summed E-state index contributed by atoms with van der Waals surface area (Å²) >= 11 is 3.32. The zero-order valence-corrected chi connectivity index (χ0v) is 18.1. The van der Waals surface area contributed by atoms with Crippen LogP contribution in [-0.4, -0.2) is 25.4 Å². The van der Waals surface area contributed by atoms with Gasteiger partial charge in [0.15, 0.2) is 0 Å². The topological polar surface area (TPSA) is 113 Å². The average molecular weight is 489 g/mol. The number of halogens is 1. The maximum atomic E-state index is 12.9. The average Bonchev–Trinajstić information content (AvgIpc) is 2.69. The van der Waals surface area contributed by atoms with Crippen LogP contribution in [0.15, 0.2) is 76.1 Å². The summed E-state index contributed by atoms with van der Waals surface area (Å²) < 4.78 is 29.0. The third kappa shape index (κ3) is 5.05. The van der Waals surface area contributed by atoms with Crippen LogP contribution in [-0.2, 0) is 10.0 Å². The summed E-state index contributed by atoms with van der Waals surface area (Å²) in [5.41, 5.74) is 1.24. The molecule has 0 radical (unpaired) electrons. The molecular formula is C21H17BrN2O5S. The predicted octanol–water partition coefficient (Wildman–Crippen LogP) is 4.51. The molecule has 0 aromatic heterocycles. The van der Waals surface area contributed by atoms with Gasteiger partial charge in [-0.2, -0.15) is 0 Å². The fourth-order valence-corrected chi connectivity index (χ4v) is 4.28. The molecule has 0 aliphatic heterocycles. The number of carbonyl (C=O) groups is 2. The molecular weight excluding hydrogens is 472 g/mol. The number of carbonyl (C=O) groups excluding carboxylic acids is 1. The van der Waals surface area contributed by atoms with Gasteiger partial charge in [0.05, 0.1) is 10.5 Å². The fraction of sp³-hybridized carbons (Fsp3) is 0.0476. The number of sulfonamides is 1. The minimum atomic E-state index is -4.05. The predicted molar refractivity (Wildman–Crippen MR) is 117 cm³/mol. The molecule has 3 rings (SSSR count). The Morgan fingerprint density at radius 1 is 0.900 bits per heavy atom. The minimum Gasteiger partial charge on any atom is -0.478 e. The van der Waals surface area contributed by atoms with Crippen molar-refractivity contribution in [3.05, 3.63) is 87.9 Å². The van der Waals surface area contributed by atoms with Crippen LogP contribution in [0.1, 0.15) is 26.3 Å². The standard InChI is InChI=1S/C21H17BrN2O5S/c1-13-5-6-14(20(25)23-17-9-7-16(22)8-10-17)12-19(13)30(28,29)24-18-4-2-3-15(11-18)21(26)27/h2-12,24H,1H3,(H,23,25)(H,26,27). The van der Waals surface area contributed by atoms with E-state index in [-0.39, 0.29) is 21.7 Å². The summed E-state index contributed by atoms with van der Waals surface area (Å²) in [6.45, 7) is 1.61. The van der Waals surface area contributed by atoms with Gasteiger partial charge in [0.2, 0.25) is 0 Å². The molecule has 0 unspecified atom stereocenters. The number of anilines is 2. The van der Waals surface area contributed by atoms with Gasteiger partial charge in [0.1, 0.15) is 0 Å². The molecule has 1 amide bonds. The fourth-order valence-electron chi connectivity index (χ4n) is 2.69. The second kappa shape index (κ2) is 8.68. The molecule has 0 aliphatic carbocycles. The number of aryl methyl sites for hydroxylation is 1. The third-order valence-electron chi connectivity index (χ3n) is 4.20. The summed E-state index contributed by atoms with van der Waals surface area (Å²) in [7, 11) is -4.05. The highest BCUT2D eigenvalue weighted by molar-refractivity contribution is 9.10. The monoisotopic (exact) mass is 488 g/mol. The molecule has 0 bridgehead atoms. The Morgan fingerprint density at radius 3 is 2.27 bits per heavy atom. The van der Waals surface area contributed by atoms with E-state index in [1.807, 2.05) is 0 Å². The highest BCUT2D eigenvalue weighted by atomic mass is 79.9. The summed E-state index contributed by atoms with van der Waals surface area (Å²) in [4.78, 5) is 23.6. The van der Waals surface area contributed by atoms with E-state index in [0.717, 1.165) is 4.47 Å². The number of nitrogens with one attached hydrogen (secondary N) is 2. The van der Waals surface area contributed by atoms with Crippen molar-refractivity contribution in [1.29, 1.82) is 0 Å². The summed E-state index contributed by atoms with van der Waals surface area (Å²) in [5.74, 6) is -1.62. The van der Waals surface area contributed by atoms with Gasteiger partial charge in [-0.1, -0.05) is 28.1 Å². The second-order valence-electron chi connectivity index (χ2n) is 6.43. The van der Waals surface area contributed by atoms with Crippen molar-refractivity contribution < 1.29 is 23.1 Å². The molecule has 30 heavy (non-hydrogen) atoms. The van der Waals surface area contributed by atoms with Crippen molar-refractivity contribution in [3.8, 4) is 0 Å². The molecule has 0 saturated heterocycles. The SMILES string of the molecule is Cc1ccc(C(=O)Nc2ccc(Br)cc2)cc1S(=O)(=O)Nc1cccc(C(=O)O)c1. The van der Waals surface area contributed by atoms with Crippen LogP contribution < -0.4 is 10.0 Å². The summed E-state index contributed by atoms with van der Waals surface area (Å²) in [5, 5.41) is 11.8. The summed E-state index contributed by atoms with van der Waals surface area (Å²) in [6, 6.07) is 16.8. The smallest absolute Gasteiger partial charge is 0.335 e. The van der Waals surface area contributed by atoms with E-state index in [0.29, 0.717) is 11.3 Å². The minimum absolute atomic E-state index is 0.0467.